The minimum atomic E-state index is -1.62. The molecule has 10 nitrogen and oxygen atoms in total. The molecule has 1 aromatic rings. The van der Waals surface area contributed by atoms with Crippen LogP contribution in [0, 0.1) is 0 Å². The van der Waals surface area contributed by atoms with Gasteiger partial charge in [0.1, 0.15) is 30.2 Å². The Bertz CT molecular complexity index is 687. The zero-order valence-corrected chi connectivity index (χ0v) is 14.7. The first kappa shape index (κ1) is 20.9. The van der Waals surface area contributed by atoms with Crippen LogP contribution in [0.15, 0.2) is 18.2 Å². The number of aliphatic hydroxyl groups excluding tert-OH is 4. The third-order valence-electron chi connectivity index (χ3n) is 4.01. The summed E-state index contributed by atoms with van der Waals surface area (Å²) in [5, 5.41) is 47.9. The highest BCUT2D eigenvalue weighted by molar-refractivity contribution is 5.86. The van der Waals surface area contributed by atoms with Gasteiger partial charge in [0.15, 0.2) is 11.5 Å². The lowest BCUT2D eigenvalue weighted by Crippen LogP contribution is -2.60. The number of ether oxygens (including phenoxy) is 4. The minimum absolute atomic E-state index is 0.0643. The molecule has 1 aliphatic heterocycles. The Labute approximate surface area is 154 Å². The molecule has 150 valence electrons. The molecule has 0 unspecified atom stereocenters. The Morgan fingerprint density at radius 2 is 1.70 bits per heavy atom. The van der Waals surface area contributed by atoms with Gasteiger partial charge in [-0.3, -0.25) is 0 Å². The highest BCUT2D eigenvalue weighted by Gasteiger charge is 2.44. The second kappa shape index (κ2) is 9.02. The third-order valence-corrected chi connectivity index (χ3v) is 4.01. The number of carboxylic acids is 1. The van der Waals surface area contributed by atoms with Crippen LogP contribution in [0.3, 0.4) is 0 Å². The lowest BCUT2D eigenvalue weighted by molar-refractivity contribution is -0.277. The number of methoxy groups -OCH3 is 2. The van der Waals surface area contributed by atoms with Crippen molar-refractivity contribution < 1.29 is 49.3 Å². The average molecular weight is 386 g/mol. The van der Waals surface area contributed by atoms with E-state index in [4.69, 9.17) is 24.1 Å². The van der Waals surface area contributed by atoms with Crippen LogP contribution in [0.5, 0.6) is 17.2 Å². The predicted octanol–water partition coefficient (Wildman–Crippen LogP) is -1.02. The summed E-state index contributed by atoms with van der Waals surface area (Å²) in [6.07, 6.45) is -5.22. The van der Waals surface area contributed by atoms with E-state index in [2.05, 4.69) is 0 Å². The van der Waals surface area contributed by atoms with Crippen molar-refractivity contribution in [1.29, 1.82) is 0 Å². The molecule has 1 saturated heterocycles. The number of carbonyl (C=O) groups is 1. The van der Waals surface area contributed by atoms with Crippen molar-refractivity contribution in [3.8, 4) is 17.2 Å². The van der Waals surface area contributed by atoms with Crippen LogP contribution in [0.1, 0.15) is 5.56 Å². The maximum Gasteiger partial charge on any atom is 0.328 e. The van der Waals surface area contributed by atoms with E-state index in [0.717, 1.165) is 6.08 Å². The highest BCUT2D eigenvalue weighted by Crippen LogP contribution is 2.37. The van der Waals surface area contributed by atoms with Gasteiger partial charge < -0.3 is 44.5 Å². The molecule has 27 heavy (non-hydrogen) atoms. The molecule has 1 aliphatic rings. The molecule has 5 atom stereocenters. The largest absolute Gasteiger partial charge is 0.493 e. The normalized spacial score (nSPS) is 28.1. The van der Waals surface area contributed by atoms with Crippen molar-refractivity contribution in [2.24, 2.45) is 0 Å². The summed E-state index contributed by atoms with van der Waals surface area (Å²) in [7, 11) is 2.79. The maximum absolute atomic E-state index is 10.8. The van der Waals surface area contributed by atoms with Crippen molar-refractivity contribution in [3.05, 3.63) is 23.8 Å². The van der Waals surface area contributed by atoms with Gasteiger partial charge in [-0.2, -0.15) is 0 Å². The summed E-state index contributed by atoms with van der Waals surface area (Å²) in [5.74, 6) is -0.550. The van der Waals surface area contributed by atoms with Gasteiger partial charge in [0.05, 0.1) is 20.8 Å². The summed E-state index contributed by atoms with van der Waals surface area (Å²) >= 11 is 0. The smallest absolute Gasteiger partial charge is 0.328 e. The molecule has 1 heterocycles. The first-order chi connectivity index (χ1) is 12.8. The first-order valence-electron chi connectivity index (χ1n) is 7.96. The van der Waals surface area contributed by atoms with Crippen molar-refractivity contribution in [1.82, 2.24) is 0 Å². The molecule has 0 radical (unpaired) electrons. The fourth-order valence-corrected chi connectivity index (χ4v) is 2.56. The van der Waals surface area contributed by atoms with Gasteiger partial charge in [-0.1, -0.05) is 0 Å². The number of hydrogen-bond donors (Lipinski definition) is 5. The Morgan fingerprint density at radius 1 is 1.07 bits per heavy atom. The molecular weight excluding hydrogens is 364 g/mol. The van der Waals surface area contributed by atoms with E-state index >= 15 is 0 Å². The van der Waals surface area contributed by atoms with E-state index in [9.17, 15) is 25.2 Å². The van der Waals surface area contributed by atoms with Crippen LogP contribution < -0.4 is 14.2 Å². The minimum Gasteiger partial charge on any atom is -0.493 e. The van der Waals surface area contributed by atoms with Gasteiger partial charge in [0.25, 0.3) is 0 Å². The summed E-state index contributed by atoms with van der Waals surface area (Å²) < 4.78 is 21.2. The van der Waals surface area contributed by atoms with E-state index < -0.39 is 43.3 Å². The van der Waals surface area contributed by atoms with E-state index in [1.54, 1.807) is 0 Å². The number of hydrogen-bond acceptors (Lipinski definition) is 9. The molecule has 0 bridgehead atoms. The van der Waals surface area contributed by atoms with Crippen molar-refractivity contribution in [2.75, 3.05) is 20.8 Å². The Kier molecular flexibility index (Phi) is 6.99. The van der Waals surface area contributed by atoms with Gasteiger partial charge in [0, 0.05) is 17.7 Å². The Morgan fingerprint density at radius 3 is 2.26 bits per heavy atom. The van der Waals surface area contributed by atoms with E-state index in [0.29, 0.717) is 5.75 Å². The van der Waals surface area contributed by atoms with Crippen molar-refractivity contribution >= 4 is 12.0 Å². The molecule has 1 aromatic carbocycles. The molecule has 2 rings (SSSR count). The number of benzene rings is 1. The number of carboxylic acid groups (broad SMARTS) is 1. The van der Waals surface area contributed by atoms with Crippen LogP contribution >= 0.6 is 0 Å². The fourth-order valence-electron chi connectivity index (χ4n) is 2.56. The van der Waals surface area contributed by atoms with Crippen molar-refractivity contribution in [2.45, 2.75) is 30.7 Å². The van der Waals surface area contributed by atoms with Gasteiger partial charge in [0.2, 0.25) is 6.29 Å². The third kappa shape index (κ3) is 4.67. The second-order valence-corrected chi connectivity index (χ2v) is 5.73. The summed E-state index contributed by atoms with van der Waals surface area (Å²) in [6.45, 7) is -0.609. The maximum atomic E-state index is 10.8. The molecule has 1 fully saturated rings. The molecular formula is C17H22O10. The first-order valence-corrected chi connectivity index (χ1v) is 7.96. The number of rotatable bonds is 7. The quantitative estimate of drug-likeness (QED) is 0.368. The highest BCUT2D eigenvalue weighted by atomic mass is 16.7. The molecule has 0 spiro atoms. The van der Waals surface area contributed by atoms with Crippen LogP contribution in [0.4, 0.5) is 0 Å². The monoisotopic (exact) mass is 386 g/mol. The van der Waals surface area contributed by atoms with Crippen molar-refractivity contribution in [3.63, 3.8) is 0 Å². The van der Waals surface area contributed by atoms with Gasteiger partial charge in [-0.15, -0.1) is 0 Å². The number of aliphatic hydroxyl groups is 4. The lowest BCUT2D eigenvalue weighted by atomic mass is 9.99. The van der Waals surface area contributed by atoms with Gasteiger partial charge in [-0.05, 0) is 12.1 Å². The second-order valence-electron chi connectivity index (χ2n) is 5.73. The number of aliphatic carboxylic acids is 1. The molecule has 10 heteroatoms. The van der Waals surface area contributed by atoms with Crippen LogP contribution in [-0.4, -0.2) is 83.0 Å². The average Bonchev–Trinajstić information content (AvgIpc) is 2.66. The predicted molar refractivity (Wildman–Crippen MR) is 90.6 cm³/mol. The molecule has 0 aliphatic carbocycles. The van der Waals surface area contributed by atoms with Crippen LogP contribution in [0.25, 0.3) is 6.08 Å². The molecule has 0 amide bonds. The van der Waals surface area contributed by atoms with E-state index in [1.165, 1.54) is 32.4 Å². The summed E-state index contributed by atoms with van der Waals surface area (Å²) in [4.78, 5) is 10.8. The SMILES string of the molecule is COc1cc(/C=C\C(=O)O)c(O[C@@H]2O[C@H](CO)[C@@H](O)[C@H](O)[C@H]2O)cc1OC. The summed E-state index contributed by atoms with van der Waals surface area (Å²) in [6, 6.07) is 2.85. The summed E-state index contributed by atoms with van der Waals surface area (Å²) in [5.41, 5.74) is 0.270. The zero-order chi connectivity index (χ0) is 20.1. The molecule has 0 saturated carbocycles. The Hall–Kier alpha value is -2.37. The Balaban J connectivity index is 2.39. The molecule has 0 aromatic heterocycles. The van der Waals surface area contributed by atoms with Gasteiger partial charge >= 0.3 is 5.97 Å². The topological polar surface area (TPSA) is 155 Å². The van der Waals surface area contributed by atoms with Gasteiger partial charge in [-0.25, -0.2) is 4.79 Å². The van der Waals surface area contributed by atoms with Crippen LogP contribution in [0.2, 0.25) is 0 Å². The lowest BCUT2D eigenvalue weighted by Gasteiger charge is -2.39. The zero-order valence-electron chi connectivity index (χ0n) is 14.7. The van der Waals surface area contributed by atoms with E-state index in [1.807, 2.05) is 0 Å². The fraction of sp³-hybridized carbons (Fsp3) is 0.471. The van der Waals surface area contributed by atoms with E-state index in [-0.39, 0.29) is 17.1 Å². The van der Waals surface area contributed by atoms with Crippen LogP contribution in [-0.2, 0) is 9.53 Å². The standard InChI is InChI=1S/C17H22O10/c1-24-10-5-8(3-4-13(19)20)9(6-11(10)25-2)26-17-16(23)15(22)14(21)12(7-18)27-17/h3-6,12,14-18,21-23H,7H2,1-2H3,(H,19,20)/b4-3-/t12-,14-,15+,16-,17-/m1/s1. The molecule has 5 N–H and O–H groups in total.